The number of anilines is 1. The van der Waals surface area contributed by atoms with E-state index in [4.69, 9.17) is 10.7 Å². The van der Waals surface area contributed by atoms with Crippen LogP contribution in [0, 0.1) is 0 Å². The van der Waals surface area contributed by atoms with E-state index in [1.54, 1.807) is 11.3 Å². The predicted octanol–water partition coefficient (Wildman–Crippen LogP) is 2.65. The number of thiazole rings is 1. The molecule has 4 nitrogen and oxygen atoms in total. The molecule has 1 heterocycles. The molecule has 1 fully saturated rings. The Morgan fingerprint density at radius 1 is 1.30 bits per heavy atom. The monoisotopic (exact) mass is 296 g/mol. The van der Waals surface area contributed by atoms with Crippen LogP contribution >= 0.6 is 11.3 Å². The summed E-state index contributed by atoms with van der Waals surface area (Å²) in [6.45, 7) is 6.02. The molecule has 1 aromatic rings. The second-order valence-electron chi connectivity index (χ2n) is 6.49. The van der Waals surface area contributed by atoms with Crippen molar-refractivity contribution in [2.24, 2.45) is 5.73 Å². The van der Waals surface area contributed by atoms with Gasteiger partial charge in [0.2, 0.25) is 0 Å². The molecule has 1 aliphatic carbocycles. The maximum atomic E-state index is 5.86. The number of nitrogens with two attached hydrogens (primary N) is 1. The first-order valence-corrected chi connectivity index (χ1v) is 8.29. The summed E-state index contributed by atoms with van der Waals surface area (Å²) in [5, 5.41) is 1.11. The van der Waals surface area contributed by atoms with Gasteiger partial charge in [-0.1, -0.05) is 13.8 Å². The van der Waals surface area contributed by atoms with E-state index in [1.165, 1.54) is 29.8 Å². The van der Waals surface area contributed by atoms with E-state index in [0.717, 1.165) is 11.7 Å². The minimum Gasteiger partial charge on any atom is -0.349 e. The van der Waals surface area contributed by atoms with E-state index in [2.05, 4.69) is 44.8 Å². The van der Waals surface area contributed by atoms with E-state index in [9.17, 15) is 0 Å². The van der Waals surface area contributed by atoms with Crippen molar-refractivity contribution in [1.82, 2.24) is 9.88 Å². The Morgan fingerprint density at radius 2 is 1.95 bits per heavy atom. The molecular weight excluding hydrogens is 268 g/mol. The van der Waals surface area contributed by atoms with Crippen LogP contribution in [0.4, 0.5) is 5.13 Å². The number of hydrogen-bond acceptors (Lipinski definition) is 5. The van der Waals surface area contributed by atoms with Crippen molar-refractivity contribution in [2.45, 2.75) is 51.1 Å². The van der Waals surface area contributed by atoms with Crippen LogP contribution in [-0.4, -0.2) is 43.1 Å². The van der Waals surface area contributed by atoms with E-state index >= 15 is 0 Å². The summed E-state index contributed by atoms with van der Waals surface area (Å²) < 4.78 is 0. The lowest BCUT2D eigenvalue weighted by Gasteiger charge is -2.49. The lowest BCUT2D eigenvalue weighted by Crippen LogP contribution is -2.56. The predicted molar refractivity (Wildman–Crippen MR) is 87.6 cm³/mol. The summed E-state index contributed by atoms with van der Waals surface area (Å²) in [6, 6.07) is 0. The Labute approximate surface area is 127 Å². The third-order valence-corrected chi connectivity index (χ3v) is 5.75. The van der Waals surface area contributed by atoms with Gasteiger partial charge in [-0.2, -0.15) is 0 Å². The topological polar surface area (TPSA) is 45.4 Å². The van der Waals surface area contributed by atoms with E-state index in [0.29, 0.717) is 18.0 Å². The standard InChI is InChI=1S/C15H28N4S/c1-11(2)13-12(9-16)20-14(17-13)19(5)10-15(18(3)4)7-6-8-15/h11H,6-10,16H2,1-5H3. The average Bonchev–Trinajstić information content (AvgIpc) is 2.77. The molecule has 5 heteroatoms. The van der Waals surface area contributed by atoms with Gasteiger partial charge < -0.3 is 15.5 Å². The summed E-state index contributed by atoms with van der Waals surface area (Å²) in [7, 11) is 6.55. The molecule has 0 atom stereocenters. The van der Waals surface area contributed by atoms with Gasteiger partial charge in [0.15, 0.2) is 5.13 Å². The van der Waals surface area contributed by atoms with Gasteiger partial charge in [-0.05, 0) is 39.3 Å². The van der Waals surface area contributed by atoms with Crippen LogP contribution in [0.25, 0.3) is 0 Å². The Balaban J connectivity index is 2.15. The molecule has 0 aliphatic heterocycles. The molecule has 0 bridgehead atoms. The number of hydrogen-bond donors (Lipinski definition) is 1. The zero-order valence-electron chi connectivity index (χ0n) is 13.4. The molecule has 1 aliphatic rings. The van der Waals surface area contributed by atoms with Gasteiger partial charge in [-0.25, -0.2) is 4.98 Å². The third-order valence-electron chi connectivity index (χ3n) is 4.54. The molecular formula is C15H28N4S. The lowest BCUT2D eigenvalue weighted by molar-refractivity contribution is 0.0683. The smallest absolute Gasteiger partial charge is 0.185 e. The van der Waals surface area contributed by atoms with Crippen LogP contribution in [-0.2, 0) is 6.54 Å². The molecule has 0 unspecified atom stereocenters. The minimum atomic E-state index is 0.335. The summed E-state index contributed by atoms with van der Waals surface area (Å²) in [5.74, 6) is 0.443. The quantitative estimate of drug-likeness (QED) is 0.876. The zero-order valence-corrected chi connectivity index (χ0v) is 14.3. The summed E-state index contributed by atoms with van der Waals surface area (Å²) in [5.41, 5.74) is 7.37. The van der Waals surface area contributed by atoms with Crippen LogP contribution in [0.2, 0.25) is 0 Å². The van der Waals surface area contributed by atoms with Gasteiger partial charge in [0.25, 0.3) is 0 Å². The summed E-state index contributed by atoms with van der Waals surface area (Å²) in [4.78, 5) is 10.8. The lowest BCUT2D eigenvalue weighted by atomic mass is 9.75. The SMILES string of the molecule is CC(C)c1nc(N(C)CC2(N(C)C)CCC2)sc1CN. The molecule has 2 rings (SSSR count). The van der Waals surface area contributed by atoms with Crippen molar-refractivity contribution in [3.05, 3.63) is 10.6 Å². The Morgan fingerprint density at radius 3 is 2.30 bits per heavy atom. The van der Waals surface area contributed by atoms with Crippen molar-refractivity contribution < 1.29 is 0 Å². The minimum absolute atomic E-state index is 0.335. The maximum absolute atomic E-state index is 5.86. The van der Waals surface area contributed by atoms with E-state index < -0.39 is 0 Å². The Hall–Kier alpha value is -0.650. The molecule has 1 saturated carbocycles. The highest BCUT2D eigenvalue weighted by Gasteiger charge is 2.40. The summed E-state index contributed by atoms with van der Waals surface area (Å²) >= 11 is 1.75. The first-order chi connectivity index (χ1) is 9.39. The van der Waals surface area contributed by atoms with Crippen molar-refractivity contribution in [1.29, 1.82) is 0 Å². The fourth-order valence-electron chi connectivity index (χ4n) is 2.95. The fraction of sp³-hybridized carbons (Fsp3) is 0.800. The van der Waals surface area contributed by atoms with Gasteiger partial charge >= 0.3 is 0 Å². The number of rotatable bonds is 6. The number of nitrogens with zero attached hydrogens (tertiary/aromatic N) is 3. The van der Waals surface area contributed by atoms with Crippen molar-refractivity contribution in [3.8, 4) is 0 Å². The average molecular weight is 296 g/mol. The van der Waals surface area contributed by atoms with Crippen LogP contribution in [0.5, 0.6) is 0 Å². The van der Waals surface area contributed by atoms with Crippen LogP contribution in [0.15, 0.2) is 0 Å². The highest BCUT2D eigenvalue weighted by molar-refractivity contribution is 7.15. The number of aromatic nitrogens is 1. The summed E-state index contributed by atoms with van der Waals surface area (Å²) in [6.07, 6.45) is 3.92. The van der Waals surface area contributed by atoms with Crippen molar-refractivity contribution in [3.63, 3.8) is 0 Å². The second kappa shape index (κ2) is 6.00. The molecule has 114 valence electrons. The molecule has 1 aromatic heterocycles. The first kappa shape index (κ1) is 15.7. The maximum Gasteiger partial charge on any atom is 0.185 e. The van der Waals surface area contributed by atoms with Crippen molar-refractivity contribution >= 4 is 16.5 Å². The normalized spacial score (nSPS) is 17.6. The van der Waals surface area contributed by atoms with Crippen molar-refractivity contribution in [2.75, 3.05) is 32.6 Å². The highest BCUT2D eigenvalue weighted by atomic mass is 32.1. The Kier molecular flexibility index (Phi) is 4.72. The van der Waals surface area contributed by atoms with Crippen LogP contribution in [0.3, 0.4) is 0 Å². The van der Waals surface area contributed by atoms with Gasteiger partial charge in [0.1, 0.15) is 0 Å². The van der Waals surface area contributed by atoms with Gasteiger partial charge in [-0.3, -0.25) is 0 Å². The van der Waals surface area contributed by atoms with Crippen LogP contribution < -0.4 is 10.6 Å². The molecule has 0 radical (unpaired) electrons. The van der Waals surface area contributed by atoms with Crippen LogP contribution in [0.1, 0.15) is 49.6 Å². The van der Waals surface area contributed by atoms with Gasteiger partial charge in [0.05, 0.1) is 5.69 Å². The number of likely N-dealkylation sites (N-methyl/N-ethyl adjacent to an activating group) is 2. The highest BCUT2D eigenvalue weighted by Crippen LogP contribution is 2.38. The molecule has 20 heavy (non-hydrogen) atoms. The fourth-order valence-corrected chi connectivity index (χ4v) is 4.01. The third kappa shape index (κ3) is 2.85. The zero-order chi connectivity index (χ0) is 14.9. The van der Waals surface area contributed by atoms with E-state index in [-0.39, 0.29) is 0 Å². The van der Waals surface area contributed by atoms with Gasteiger partial charge in [0, 0.05) is 30.6 Å². The molecule has 0 spiro atoms. The molecule has 0 amide bonds. The molecule has 0 saturated heterocycles. The second-order valence-corrected chi connectivity index (χ2v) is 7.55. The van der Waals surface area contributed by atoms with Gasteiger partial charge in [-0.15, -0.1) is 11.3 Å². The first-order valence-electron chi connectivity index (χ1n) is 7.48. The largest absolute Gasteiger partial charge is 0.349 e. The Bertz CT molecular complexity index is 449. The van der Waals surface area contributed by atoms with E-state index in [1.807, 2.05) is 0 Å². The molecule has 0 aromatic carbocycles. The molecule has 2 N–H and O–H groups in total.